The second-order valence-electron chi connectivity index (χ2n) is 9.58. The van der Waals surface area contributed by atoms with E-state index >= 15 is 0 Å². The third-order valence-corrected chi connectivity index (χ3v) is 6.90. The molecule has 1 aliphatic heterocycles. The lowest BCUT2D eigenvalue weighted by Gasteiger charge is -2.29. The van der Waals surface area contributed by atoms with Gasteiger partial charge in [-0.1, -0.05) is 44.2 Å². The SMILES string of the molecule is CC(C)C[C@H](NC(=O)OC(C)CCc1ccccc1)C(=O)N[C@@H](C[C@@H]1CCNC1=O)C(O)S(=O)(=O)[O-]. The molecule has 0 saturated carbocycles. The second-order valence-corrected chi connectivity index (χ2v) is 11.0. The van der Waals surface area contributed by atoms with E-state index in [1.807, 2.05) is 44.2 Å². The normalized spacial score (nSPS) is 19.2. The van der Waals surface area contributed by atoms with Crippen LogP contribution in [0.1, 0.15) is 52.0 Å². The molecule has 1 saturated heterocycles. The number of carbonyl (C=O) groups is 3. The Morgan fingerprint density at radius 2 is 1.86 bits per heavy atom. The molecule has 4 N–H and O–H groups in total. The van der Waals surface area contributed by atoms with Crippen molar-refractivity contribution in [3.8, 4) is 0 Å². The van der Waals surface area contributed by atoms with E-state index in [-0.39, 0.29) is 24.7 Å². The summed E-state index contributed by atoms with van der Waals surface area (Å²) in [4.78, 5) is 37.5. The molecule has 2 unspecified atom stereocenters. The number of aryl methyl sites for hydroxylation is 1. The summed E-state index contributed by atoms with van der Waals surface area (Å²) in [6, 6.07) is 7.06. The second kappa shape index (κ2) is 13.6. The van der Waals surface area contributed by atoms with E-state index in [1.54, 1.807) is 6.92 Å². The fourth-order valence-electron chi connectivity index (χ4n) is 4.04. The van der Waals surface area contributed by atoms with Gasteiger partial charge >= 0.3 is 6.09 Å². The van der Waals surface area contributed by atoms with Gasteiger partial charge in [0.15, 0.2) is 5.44 Å². The summed E-state index contributed by atoms with van der Waals surface area (Å²) in [7, 11) is -5.18. The van der Waals surface area contributed by atoms with Gasteiger partial charge in [0.25, 0.3) is 0 Å². The Morgan fingerprint density at radius 1 is 1.19 bits per heavy atom. The van der Waals surface area contributed by atoms with Crippen LogP contribution in [0, 0.1) is 11.8 Å². The van der Waals surface area contributed by atoms with E-state index in [4.69, 9.17) is 4.74 Å². The quantitative estimate of drug-likeness (QED) is 0.276. The molecule has 36 heavy (non-hydrogen) atoms. The maximum atomic E-state index is 13.0. The molecule has 1 heterocycles. The van der Waals surface area contributed by atoms with Crippen molar-refractivity contribution in [3.05, 3.63) is 35.9 Å². The van der Waals surface area contributed by atoms with Crippen LogP contribution < -0.4 is 16.0 Å². The van der Waals surface area contributed by atoms with Gasteiger partial charge in [-0.2, -0.15) is 0 Å². The van der Waals surface area contributed by atoms with Crippen LogP contribution in [-0.2, 0) is 30.9 Å². The lowest BCUT2D eigenvalue weighted by atomic mass is 9.97. The standard InChI is InChI=1S/C24H37N3O8S/c1-15(2)13-19(27-24(31)35-16(3)9-10-17-7-5-4-6-8-17)22(29)26-20(23(30)36(32,33)34)14-18-11-12-25-21(18)28/h4-8,15-16,18-20,23,30H,9-14H2,1-3H3,(H,25,28)(H,26,29)(H,27,31)(H,32,33,34)/p-1/t16?,18-,19-,20-,23?/m0/s1. The molecular formula is C24H36N3O8S-. The van der Waals surface area contributed by atoms with Gasteiger partial charge < -0.3 is 30.3 Å². The molecule has 2 rings (SSSR count). The van der Waals surface area contributed by atoms with Crippen LogP contribution in [0.25, 0.3) is 0 Å². The van der Waals surface area contributed by atoms with Gasteiger partial charge in [-0.3, -0.25) is 9.59 Å². The minimum Gasteiger partial charge on any atom is -0.746 e. The Morgan fingerprint density at radius 3 is 2.42 bits per heavy atom. The van der Waals surface area contributed by atoms with E-state index in [1.165, 1.54) is 0 Å². The Labute approximate surface area is 212 Å². The van der Waals surface area contributed by atoms with Crippen molar-refractivity contribution < 1.29 is 37.2 Å². The van der Waals surface area contributed by atoms with Crippen molar-refractivity contribution in [2.75, 3.05) is 6.54 Å². The number of ether oxygens (including phenoxy) is 1. The van der Waals surface area contributed by atoms with E-state index in [9.17, 15) is 32.5 Å². The Kier molecular flexibility index (Phi) is 11.1. The van der Waals surface area contributed by atoms with Gasteiger partial charge in [-0.25, -0.2) is 13.2 Å². The molecule has 0 aromatic heterocycles. The first-order valence-corrected chi connectivity index (χ1v) is 13.6. The summed E-state index contributed by atoms with van der Waals surface area (Å²) in [6.45, 7) is 5.76. The molecule has 12 heteroatoms. The Balaban J connectivity index is 2.02. The number of carbonyl (C=O) groups excluding carboxylic acids is 3. The van der Waals surface area contributed by atoms with Crippen molar-refractivity contribution in [1.29, 1.82) is 0 Å². The minimum atomic E-state index is -5.18. The van der Waals surface area contributed by atoms with Crippen LogP contribution >= 0.6 is 0 Å². The number of benzene rings is 1. The van der Waals surface area contributed by atoms with Gasteiger partial charge in [0, 0.05) is 12.5 Å². The van der Waals surface area contributed by atoms with Crippen molar-refractivity contribution in [3.63, 3.8) is 0 Å². The zero-order chi connectivity index (χ0) is 26.9. The van der Waals surface area contributed by atoms with E-state index in [0.29, 0.717) is 25.8 Å². The zero-order valence-electron chi connectivity index (χ0n) is 20.8. The first-order valence-electron chi connectivity index (χ1n) is 12.1. The maximum Gasteiger partial charge on any atom is 0.408 e. The van der Waals surface area contributed by atoms with Crippen molar-refractivity contribution in [1.82, 2.24) is 16.0 Å². The molecule has 5 atom stereocenters. The molecule has 1 aliphatic rings. The first kappa shape index (κ1) is 29.5. The lowest BCUT2D eigenvalue weighted by molar-refractivity contribution is -0.126. The van der Waals surface area contributed by atoms with Crippen LogP contribution in [0.5, 0.6) is 0 Å². The highest BCUT2D eigenvalue weighted by atomic mass is 32.2. The number of nitrogens with one attached hydrogen (secondary N) is 3. The minimum absolute atomic E-state index is 0.0382. The highest BCUT2D eigenvalue weighted by molar-refractivity contribution is 7.86. The number of amides is 3. The van der Waals surface area contributed by atoms with Crippen LogP contribution in [-0.4, -0.2) is 66.2 Å². The smallest absolute Gasteiger partial charge is 0.408 e. The molecular weight excluding hydrogens is 490 g/mol. The Bertz CT molecular complexity index is 986. The van der Waals surface area contributed by atoms with Crippen LogP contribution in [0.4, 0.5) is 4.79 Å². The molecule has 0 bridgehead atoms. The average Bonchev–Trinajstić information content (AvgIpc) is 3.20. The van der Waals surface area contributed by atoms with Gasteiger partial charge in [0.05, 0.1) is 6.04 Å². The summed E-state index contributed by atoms with van der Waals surface area (Å²) in [5.41, 5.74) is -1.35. The van der Waals surface area contributed by atoms with Crippen LogP contribution in [0.2, 0.25) is 0 Å². The summed E-state index contributed by atoms with van der Waals surface area (Å²) in [5, 5.41) is 17.5. The molecule has 3 amide bonds. The number of rotatable bonds is 13. The third kappa shape index (κ3) is 9.75. The van der Waals surface area contributed by atoms with E-state index in [2.05, 4.69) is 16.0 Å². The molecule has 202 valence electrons. The van der Waals surface area contributed by atoms with Crippen LogP contribution in [0.15, 0.2) is 30.3 Å². The fourth-order valence-corrected chi connectivity index (χ4v) is 4.62. The summed E-state index contributed by atoms with van der Waals surface area (Å²) in [6.07, 6.45) is 0.332. The topological polar surface area (TPSA) is 174 Å². The van der Waals surface area contributed by atoms with Crippen molar-refractivity contribution in [2.45, 2.75) is 76.5 Å². The Hall–Kier alpha value is -2.70. The largest absolute Gasteiger partial charge is 0.746 e. The molecule has 1 fully saturated rings. The van der Waals surface area contributed by atoms with Crippen molar-refractivity contribution in [2.24, 2.45) is 11.8 Å². The number of alkyl carbamates (subject to hydrolysis) is 1. The fraction of sp³-hybridized carbons (Fsp3) is 0.625. The summed E-state index contributed by atoms with van der Waals surface area (Å²) < 4.78 is 39.8. The molecule has 1 aromatic rings. The summed E-state index contributed by atoms with van der Waals surface area (Å²) in [5.74, 6) is -1.85. The predicted octanol–water partition coefficient (Wildman–Crippen LogP) is 1.02. The predicted molar refractivity (Wildman–Crippen MR) is 130 cm³/mol. The highest BCUT2D eigenvalue weighted by Crippen LogP contribution is 2.20. The summed E-state index contributed by atoms with van der Waals surface area (Å²) >= 11 is 0. The van der Waals surface area contributed by atoms with Gasteiger partial charge in [0.1, 0.15) is 22.3 Å². The zero-order valence-corrected chi connectivity index (χ0v) is 21.6. The maximum absolute atomic E-state index is 13.0. The van der Waals surface area contributed by atoms with Gasteiger partial charge in [0.2, 0.25) is 11.8 Å². The first-order chi connectivity index (χ1) is 16.9. The lowest BCUT2D eigenvalue weighted by Crippen LogP contribution is -2.55. The van der Waals surface area contributed by atoms with E-state index < -0.39 is 51.7 Å². The molecule has 0 spiro atoms. The van der Waals surface area contributed by atoms with Crippen molar-refractivity contribution >= 4 is 28.0 Å². The van der Waals surface area contributed by atoms with Crippen LogP contribution in [0.3, 0.4) is 0 Å². The molecule has 0 radical (unpaired) electrons. The van der Waals surface area contributed by atoms with E-state index in [0.717, 1.165) is 5.56 Å². The highest BCUT2D eigenvalue weighted by Gasteiger charge is 2.35. The van der Waals surface area contributed by atoms with Gasteiger partial charge in [-0.15, -0.1) is 0 Å². The number of aliphatic hydroxyl groups is 1. The molecule has 1 aromatic carbocycles. The molecule has 0 aliphatic carbocycles. The number of aliphatic hydroxyl groups excluding tert-OH is 1. The number of hydrogen-bond donors (Lipinski definition) is 4. The monoisotopic (exact) mass is 526 g/mol. The third-order valence-electron chi connectivity index (χ3n) is 5.98. The van der Waals surface area contributed by atoms with Gasteiger partial charge in [-0.05, 0) is 50.5 Å². The average molecular weight is 527 g/mol. The molecule has 11 nitrogen and oxygen atoms in total. The number of hydrogen-bond acceptors (Lipinski definition) is 8.